The van der Waals surface area contributed by atoms with Crippen LogP contribution >= 0.6 is 0 Å². The van der Waals surface area contributed by atoms with Gasteiger partial charge in [0.25, 0.3) is 0 Å². The largest absolute Gasteiger partial charge is 0.444 e. The van der Waals surface area contributed by atoms with E-state index in [2.05, 4.69) is 24.5 Å². The van der Waals surface area contributed by atoms with Crippen molar-refractivity contribution in [3.63, 3.8) is 0 Å². The van der Waals surface area contributed by atoms with Crippen LogP contribution < -0.4 is 16.4 Å². The molecule has 0 saturated heterocycles. The summed E-state index contributed by atoms with van der Waals surface area (Å²) in [4.78, 5) is 11.8. The van der Waals surface area contributed by atoms with Gasteiger partial charge >= 0.3 is 6.09 Å². The van der Waals surface area contributed by atoms with Crippen LogP contribution in [0.3, 0.4) is 0 Å². The van der Waals surface area contributed by atoms with Crippen LogP contribution in [0.5, 0.6) is 0 Å². The molecule has 5 heteroatoms. The number of alkyl carbamates (subject to hydrolysis) is 1. The van der Waals surface area contributed by atoms with Gasteiger partial charge in [-0.15, -0.1) is 0 Å². The Bertz CT molecular complexity index is 296. The van der Waals surface area contributed by atoms with Gasteiger partial charge in [-0.05, 0) is 59.5 Å². The first-order valence-corrected chi connectivity index (χ1v) is 7.39. The van der Waals surface area contributed by atoms with E-state index in [1.807, 2.05) is 34.6 Å². The van der Waals surface area contributed by atoms with Crippen LogP contribution in [0.15, 0.2) is 0 Å². The number of rotatable bonds is 7. The Balaban J connectivity index is 4.16. The van der Waals surface area contributed by atoms with Crippen LogP contribution in [-0.2, 0) is 4.74 Å². The zero-order valence-corrected chi connectivity index (χ0v) is 14.2. The van der Waals surface area contributed by atoms with E-state index in [9.17, 15) is 4.79 Å². The Kier molecular flexibility index (Phi) is 7.52. The lowest BCUT2D eigenvalue weighted by Gasteiger charge is -2.30. The summed E-state index contributed by atoms with van der Waals surface area (Å²) in [5.41, 5.74) is 4.90. The molecule has 0 saturated carbocycles. The predicted molar refractivity (Wildman–Crippen MR) is 83.7 cm³/mol. The van der Waals surface area contributed by atoms with E-state index in [1.165, 1.54) is 0 Å². The van der Waals surface area contributed by atoms with Gasteiger partial charge in [0, 0.05) is 6.54 Å². The molecule has 1 unspecified atom stereocenters. The molecule has 0 aliphatic carbocycles. The highest BCUT2D eigenvalue weighted by molar-refractivity contribution is 5.68. The number of nitrogens with one attached hydrogen (secondary N) is 2. The highest BCUT2D eigenvalue weighted by Gasteiger charge is 2.24. The van der Waals surface area contributed by atoms with Crippen molar-refractivity contribution in [2.24, 2.45) is 17.6 Å². The average Bonchev–Trinajstić information content (AvgIpc) is 2.19. The van der Waals surface area contributed by atoms with E-state index in [4.69, 9.17) is 10.5 Å². The van der Waals surface area contributed by atoms with Crippen molar-refractivity contribution < 1.29 is 9.53 Å². The summed E-state index contributed by atoms with van der Waals surface area (Å²) >= 11 is 0. The van der Waals surface area contributed by atoms with E-state index in [0.717, 1.165) is 6.54 Å². The molecule has 5 nitrogen and oxygen atoms in total. The molecular weight excluding hydrogens is 254 g/mol. The summed E-state index contributed by atoms with van der Waals surface area (Å²) in [6, 6.07) is 0. The molecule has 0 bridgehead atoms. The second-order valence-electron chi connectivity index (χ2n) is 7.38. The van der Waals surface area contributed by atoms with E-state index < -0.39 is 5.60 Å². The third-order valence-corrected chi connectivity index (χ3v) is 3.06. The quantitative estimate of drug-likeness (QED) is 0.670. The maximum Gasteiger partial charge on any atom is 0.408 e. The SMILES string of the molecule is CC(C)C(CN)CNCC(C)(C)NC(=O)OC(C)(C)C. The van der Waals surface area contributed by atoms with Crippen LogP contribution in [-0.4, -0.2) is 36.9 Å². The maximum atomic E-state index is 11.8. The van der Waals surface area contributed by atoms with Gasteiger partial charge in [0.2, 0.25) is 0 Å². The van der Waals surface area contributed by atoms with Crippen molar-refractivity contribution in [2.45, 2.75) is 59.6 Å². The first-order chi connectivity index (χ1) is 8.97. The highest BCUT2D eigenvalue weighted by Crippen LogP contribution is 2.10. The minimum absolute atomic E-state index is 0.363. The molecule has 0 rings (SSSR count). The summed E-state index contributed by atoms with van der Waals surface area (Å²) in [5.74, 6) is 1.00. The highest BCUT2D eigenvalue weighted by atomic mass is 16.6. The maximum absolute atomic E-state index is 11.8. The Morgan fingerprint density at radius 1 is 1.20 bits per heavy atom. The first kappa shape index (κ1) is 19.2. The molecular formula is C15H33N3O2. The molecule has 0 aliphatic rings. The zero-order chi connectivity index (χ0) is 16.0. The second-order valence-corrected chi connectivity index (χ2v) is 7.38. The molecule has 0 aromatic heterocycles. The molecule has 4 N–H and O–H groups in total. The van der Waals surface area contributed by atoms with Crippen molar-refractivity contribution >= 4 is 6.09 Å². The third kappa shape index (κ3) is 9.15. The standard InChI is InChI=1S/C15H33N3O2/c1-11(2)12(8-16)9-17-10-15(6,7)18-13(19)20-14(3,4)5/h11-12,17H,8-10,16H2,1-7H3,(H,18,19). The molecule has 1 amide bonds. The summed E-state index contributed by atoms with van der Waals surface area (Å²) < 4.78 is 5.26. The first-order valence-electron chi connectivity index (χ1n) is 7.39. The van der Waals surface area contributed by atoms with Crippen molar-refractivity contribution in [2.75, 3.05) is 19.6 Å². The van der Waals surface area contributed by atoms with Crippen LogP contribution in [0, 0.1) is 11.8 Å². The van der Waals surface area contributed by atoms with E-state index in [-0.39, 0.29) is 11.6 Å². The van der Waals surface area contributed by atoms with Gasteiger partial charge in [0.1, 0.15) is 5.60 Å². The molecule has 0 spiro atoms. The number of nitrogens with two attached hydrogens (primary N) is 1. The Morgan fingerprint density at radius 2 is 1.75 bits per heavy atom. The summed E-state index contributed by atoms with van der Waals surface area (Å²) in [5, 5.41) is 6.25. The monoisotopic (exact) mass is 287 g/mol. The predicted octanol–water partition coefficient (Wildman–Crippen LogP) is 2.11. The molecule has 0 aliphatic heterocycles. The molecule has 0 aromatic carbocycles. The van der Waals surface area contributed by atoms with Gasteiger partial charge in [-0.25, -0.2) is 4.79 Å². The Hall–Kier alpha value is -0.810. The Labute approximate surface area is 124 Å². The lowest BCUT2D eigenvalue weighted by molar-refractivity contribution is 0.0471. The zero-order valence-electron chi connectivity index (χ0n) is 14.2. The number of hydrogen-bond acceptors (Lipinski definition) is 4. The smallest absolute Gasteiger partial charge is 0.408 e. The minimum atomic E-state index is -0.476. The van der Waals surface area contributed by atoms with Crippen LogP contribution in [0.25, 0.3) is 0 Å². The Morgan fingerprint density at radius 3 is 2.15 bits per heavy atom. The van der Waals surface area contributed by atoms with E-state index >= 15 is 0 Å². The normalized spacial score (nSPS) is 14.2. The number of amides is 1. The number of carbonyl (C=O) groups excluding carboxylic acids is 1. The fraction of sp³-hybridized carbons (Fsp3) is 0.933. The van der Waals surface area contributed by atoms with Crippen molar-refractivity contribution in [1.82, 2.24) is 10.6 Å². The van der Waals surface area contributed by atoms with Gasteiger partial charge < -0.3 is 21.1 Å². The molecule has 120 valence electrons. The molecule has 0 radical (unpaired) electrons. The minimum Gasteiger partial charge on any atom is -0.444 e. The van der Waals surface area contributed by atoms with Gasteiger partial charge in [-0.2, -0.15) is 0 Å². The summed E-state index contributed by atoms with van der Waals surface area (Å²) in [7, 11) is 0. The van der Waals surface area contributed by atoms with Gasteiger partial charge in [0.05, 0.1) is 5.54 Å². The van der Waals surface area contributed by atoms with Crippen molar-refractivity contribution in [3.05, 3.63) is 0 Å². The summed E-state index contributed by atoms with van der Waals surface area (Å²) in [6.07, 6.45) is -0.386. The average molecular weight is 287 g/mol. The molecule has 0 aromatic rings. The van der Waals surface area contributed by atoms with Crippen LogP contribution in [0.4, 0.5) is 4.79 Å². The summed E-state index contributed by atoms with van der Waals surface area (Å²) in [6.45, 7) is 16.0. The lowest BCUT2D eigenvalue weighted by Crippen LogP contribution is -2.52. The fourth-order valence-electron chi connectivity index (χ4n) is 1.79. The molecule has 0 heterocycles. The number of hydrogen-bond donors (Lipinski definition) is 3. The van der Waals surface area contributed by atoms with Crippen LogP contribution in [0.2, 0.25) is 0 Å². The number of carbonyl (C=O) groups is 1. The molecule has 0 fully saturated rings. The lowest BCUT2D eigenvalue weighted by atomic mass is 9.95. The van der Waals surface area contributed by atoms with E-state index in [0.29, 0.717) is 24.9 Å². The third-order valence-electron chi connectivity index (χ3n) is 3.06. The van der Waals surface area contributed by atoms with Crippen molar-refractivity contribution in [3.8, 4) is 0 Å². The van der Waals surface area contributed by atoms with Gasteiger partial charge in [-0.1, -0.05) is 13.8 Å². The van der Waals surface area contributed by atoms with Crippen LogP contribution in [0.1, 0.15) is 48.5 Å². The number of ether oxygens (including phenoxy) is 1. The second kappa shape index (κ2) is 7.84. The molecule has 1 atom stereocenters. The fourth-order valence-corrected chi connectivity index (χ4v) is 1.79. The topological polar surface area (TPSA) is 76.4 Å². The van der Waals surface area contributed by atoms with Gasteiger partial charge in [0.15, 0.2) is 0 Å². The molecule has 20 heavy (non-hydrogen) atoms. The van der Waals surface area contributed by atoms with Gasteiger partial charge in [-0.3, -0.25) is 0 Å². The van der Waals surface area contributed by atoms with Crippen molar-refractivity contribution in [1.29, 1.82) is 0 Å². The van der Waals surface area contributed by atoms with E-state index in [1.54, 1.807) is 0 Å².